The summed E-state index contributed by atoms with van der Waals surface area (Å²) in [5.41, 5.74) is 6.93. The molecular weight excluding hydrogens is 243 g/mol. The number of carbonyl (C=O) groups excluding carboxylic acids is 1. The van der Waals surface area contributed by atoms with E-state index in [2.05, 4.69) is 0 Å². The van der Waals surface area contributed by atoms with Crippen molar-refractivity contribution in [1.82, 2.24) is 4.90 Å². The first-order chi connectivity index (χ1) is 8.99. The minimum absolute atomic E-state index is 0.0384. The smallest absolute Gasteiger partial charge is 0.253 e. The van der Waals surface area contributed by atoms with Crippen LogP contribution in [0.25, 0.3) is 0 Å². The fourth-order valence-electron chi connectivity index (χ4n) is 2.64. The molecule has 1 fully saturated rings. The topological polar surface area (TPSA) is 46.3 Å². The summed E-state index contributed by atoms with van der Waals surface area (Å²) in [6.45, 7) is 1.67. The molecule has 104 valence electrons. The standard InChI is InChI=1S/C15H21FN2O/c1-10-9-11(3-8-14(10)16)15(19)18(2)13-6-4-12(17)5-7-13/h3,8-9,12-13H,4-7,17H2,1-2H3. The van der Waals surface area contributed by atoms with Crippen LogP contribution in [-0.2, 0) is 0 Å². The number of carbonyl (C=O) groups is 1. The normalized spacial score (nSPS) is 23.2. The van der Waals surface area contributed by atoms with E-state index in [1.165, 1.54) is 6.07 Å². The van der Waals surface area contributed by atoms with Gasteiger partial charge in [-0.05, 0) is 56.4 Å². The van der Waals surface area contributed by atoms with E-state index in [9.17, 15) is 9.18 Å². The lowest BCUT2D eigenvalue weighted by Crippen LogP contribution is -2.41. The lowest BCUT2D eigenvalue weighted by molar-refractivity contribution is 0.0690. The van der Waals surface area contributed by atoms with Gasteiger partial charge in [0, 0.05) is 24.7 Å². The van der Waals surface area contributed by atoms with Crippen LogP contribution in [0, 0.1) is 12.7 Å². The third-order valence-electron chi connectivity index (χ3n) is 4.01. The fraction of sp³-hybridized carbons (Fsp3) is 0.533. The van der Waals surface area contributed by atoms with Crippen LogP contribution < -0.4 is 5.73 Å². The number of nitrogens with two attached hydrogens (primary N) is 1. The highest BCUT2D eigenvalue weighted by atomic mass is 19.1. The molecule has 0 unspecified atom stereocenters. The second-order valence-electron chi connectivity index (χ2n) is 5.45. The Morgan fingerprint density at radius 2 is 1.95 bits per heavy atom. The Labute approximate surface area is 113 Å². The Morgan fingerprint density at radius 3 is 2.53 bits per heavy atom. The molecular formula is C15H21FN2O. The van der Waals surface area contributed by atoms with Gasteiger partial charge in [0.2, 0.25) is 0 Å². The maximum absolute atomic E-state index is 13.2. The minimum atomic E-state index is -0.275. The van der Waals surface area contributed by atoms with Gasteiger partial charge in [0.25, 0.3) is 5.91 Å². The summed E-state index contributed by atoms with van der Waals surface area (Å²) in [6.07, 6.45) is 3.82. The van der Waals surface area contributed by atoms with Crippen LogP contribution in [0.5, 0.6) is 0 Å². The minimum Gasteiger partial charge on any atom is -0.339 e. The zero-order valence-electron chi connectivity index (χ0n) is 11.5. The molecule has 0 aliphatic heterocycles. The van der Waals surface area contributed by atoms with Gasteiger partial charge in [-0.15, -0.1) is 0 Å². The molecule has 1 amide bonds. The summed E-state index contributed by atoms with van der Waals surface area (Å²) >= 11 is 0. The monoisotopic (exact) mass is 264 g/mol. The molecule has 2 N–H and O–H groups in total. The molecule has 1 aromatic rings. The first-order valence-corrected chi connectivity index (χ1v) is 6.78. The Balaban J connectivity index is 2.08. The van der Waals surface area contributed by atoms with E-state index in [1.807, 2.05) is 7.05 Å². The SMILES string of the molecule is Cc1cc(C(=O)N(C)C2CCC(N)CC2)ccc1F. The number of hydrogen-bond acceptors (Lipinski definition) is 2. The first-order valence-electron chi connectivity index (χ1n) is 6.78. The van der Waals surface area contributed by atoms with E-state index in [0.717, 1.165) is 25.7 Å². The summed E-state index contributed by atoms with van der Waals surface area (Å²) in [5, 5.41) is 0. The highest BCUT2D eigenvalue weighted by Gasteiger charge is 2.25. The average Bonchev–Trinajstić information content (AvgIpc) is 2.41. The van der Waals surface area contributed by atoms with Gasteiger partial charge in [-0.1, -0.05) is 0 Å². The zero-order chi connectivity index (χ0) is 14.0. The van der Waals surface area contributed by atoms with Gasteiger partial charge in [-0.25, -0.2) is 4.39 Å². The maximum Gasteiger partial charge on any atom is 0.253 e. The van der Waals surface area contributed by atoms with Crippen molar-refractivity contribution < 1.29 is 9.18 Å². The maximum atomic E-state index is 13.2. The van der Waals surface area contributed by atoms with Crippen molar-refractivity contribution in [3.8, 4) is 0 Å². The van der Waals surface area contributed by atoms with Gasteiger partial charge >= 0.3 is 0 Å². The Morgan fingerprint density at radius 1 is 1.32 bits per heavy atom. The molecule has 1 aromatic carbocycles. The molecule has 0 spiro atoms. The summed E-state index contributed by atoms with van der Waals surface area (Å²) in [6, 6.07) is 5.04. The molecule has 1 aliphatic rings. The summed E-state index contributed by atoms with van der Waals surface area (Å²) in [7, 11) is 1.82. The van der Waals surface area contributed by atoms with Crippen LogP contribution in [0.2, 0.25) is 0 Å². The summed E-state index contributed by atoms with van der Waals surface area (Å²) < 4.78 is 13.2. The molecule has 0 aromatic heterocycles. The van der Waals surface area contributed by atoms with Crippen LogP contribution in [0.15, 0.2) is 18.2 Å². The number of nitrogens with zero attached hydrogens (tertiary/aromatic N) is 1. The molecule has 0 bridgehead atoms. The van der Waals surface area contributed by atoms with Gasteiger partial charge in [-0.3, -0.25) is 4.79 Å². The van der Waals surface area contributed by atoms with Crippen molar-refractivity contribution in [3.05, 3.63) is 35.1 Å². The molecule has 1 saturated carbocycles. The predicted octanol–water partition coefficient (Wildman–Crippen LogP) is 2.48. The summed E-state index contributed by atoms with van der Waals surface area (Å²) in [4.78, 5) is 14.1. The number of aryl methyl sites for hydroxylation is 1. The van der Waals surface area contributed by atoms with Gasteiger partial charge in [0.15, 0.2) is 0 Å². The number of benzene rings is 1. The third-order valence-corrected chi connectivity index (χ3v) is 4.01. The van der Waals surface area contributed by atoms with E-state index < -0.39 is 0 Å². The van der Waals surface area contributed by atoms with E-state index >= 15 is 0 Å². The summed E-state index contributed by atoms with van der Waals surface area (Å²) in [5.74, 6) is -0.314. The highest BCUT2D eigenvalue weighted by Crippen LogP contribution is 2.23. The molecule has 1 aliphatic carbocycles. The number of hydrogen-bond donors (Lipinski definition) is 1. The molecule has 0 saturated heterocycles. The van der Waals surface area contributed by atoms with E-state index in [0.29, 0.717) is 11.1 Å². The lowest BCUT2D eigenvalue weighted by Gasteiger charge is -2.33. The van der Waals surface area contributed by atoms with Crippen molar-refractivity contribution in [3.63, 3.8) is 0 Å². The molecule has 0 heterocycles. The van der Waals surface area contributed by atoms with Crippen molar-refractivity contribution in [2.45, 2.75) is 44.7 Å². The van der Waals surface area contributed by atoms with E-state index in [-0.39, 0.29) is 23.8 Å². The number of rotatable bonds is 2. The second-order valence-corrected chi connectivity index (χ2v) is 5.45. The van der Waals surface area contributed by atoms with Crippen LogP contribution in [0.4, 0.5) is 4.39 Å². The van der Waals surface area contributed by atoms with Gasteiger partial charge < -0.3 is 10.6 Å². The fourth-order valence-corrected chi connectivity index (χ4v) is 2.64. The van der Waals surface area contributed by atoms with Gasteiger partial charge in [0.05, 0.1) is 0 Å². The predicted molar refractivity (Wildman–Crippen MR) is 73.5 cm³/mol. The Bertz CT molecular complexity index is 467. The quantitative estimate of drug-likeness (QED) is 0.892. The molecule has 2 rings (SSSR count). The van der Waals surface area contributed by atoms with Crippen LogP contribution >= 0.6 is 0 Å². The molecule has 0 atom stereocenters. The van der Waals surface area contributed by atoms with E-state index in [1.54, 1.807) is 24.0 Å². The average molecular weight is 264 g/mol. The van der Waals surface area contributed by atoms with Gasteiger partial charge in [0.1, 0.15) is 5.82 Å². The zero-order valence-corrected chi connectivity index (χ0v) is 11.5. The molecule has 0 radical (unpaired) electrons. The van der Waals surface area contributed by atoms with Crippen LogP contribution in [-0.4, -0.2) is 29.9 Å². The molecule has 4 heteroatoms. The highest BCUT2D eigenvalue weighted by molar-refractivity contribution is 5.94. The number of halogens is 1. The lowest BCUT2D eigenvalue weighted by atomic mass is 9.90. The van der Waals surface area contributed by atoms with Gasteiger partial charge in [-0.2, -0.15) is 0 Å². The van der Waals surface area contributed by atoms with Crippen LogP contribution in [0.3, 0.4) is 0 Å². The molecule has 3 nitrogen and oxygen atoms in total. The Hall–Kier alpha value is -1.42. The molecule has 19 heavy (non-hydrogen) atoms. The van der Waals surface area contributed by atoms with Crippen LogP contribution in [0.1, 0.15) is 41.6 Å². The Kier molecular flexibility index (Phi) is 4.20. The van der Waals surface area contributed by atoms with Crippen molar-refractivity contribution >= 4 is 5.91 Å². The second kappa shape index (κ2) is 5.70. The van der Waals surface area contributed by atoms with Crippen molar-refractivity contribution in [2.24, 2.45) is 5.73 Å². The largest absolute Gasteiger partial charge is 0.339 e. The van der Waals surface area contributed by atoms with E-state index in [4.69, 9.17) is 5.73 Å². The first kappa shape index (κ1) is 14.0. The van der Waals surface area contributed by atoms with Crippen molar-refractivity contribution in [2.75, 3.05) is 7.05 Å². The number of amides is 1. The third kappa shape index (κ3) is 3.13. The van der Waals surface area contributed by atoms with Crippen molar-refractivity contribution in [1.29, 1.82) is 0 Å².